The third-order valence-corrected chi connectivity index (χ3v) is 7.37. The summed E-state index contributed by atoms with van der Waals surface area (Å²) >= 11 is 0. The summed E-state index contributed by atoms with van der Waals surface area (Å²) in [7, 11) is 1.73. The second kappa shape index (κ2) is 10.4. The van der Waals surface area contributed by atoms with Gasteiger partial charge in [-0.15, -0.1) is 0 Å². The third kappa shape index (κ3) is 5.28. The first-order valence-corrected chi connectivity index (χ1v) is 13.6. The Morgan fingerprint density at radius 2 is 1.82 bits per heavy atom. The largest absolute Gasteiger partial charge is 0.471 e. The Bertz CT molecular complexity index is 1880. The Hall–Kier alpha value is -4.76. The van der Waals surface area contributed by atoms with Crippen molar-refractivity contribution in [3.8, 4) is 34.7 Å². The fourth-order valence-corrected chi connectivity index (χ4v) is 5.01. The van der Waals surface area contributed by atoms with Gasteiger partial charge < -0.3 is 18.6 Å². The molecule has 0 aliphatic heterocycles. The predicted molar refractivity (Wildman–Crippen MR) is 141 cm³/mol. The number of pyridine rings is 1. The number of hydrogen-bond donors (Lipinski definition) is 0. The van der Waals surface area contributed by atoms with Crippen LogP contribution < -0.4 is 9.47 Å². The Morgan fingerprint density at radius 3 is 2.50 bits per heavy atom. The lowest BCUT2D eigenvalue weighted by Gasteiger charge is -2.14. The van der Waals surface area contributed by atoms with Crippen molar-refractivity contribution in [3.63, 3.8) is 0 Å². The highest BCUT2D eigenvalue weighted by molar-refractivity contribution is 5.83. The first-order valence-electron chi connectivity index (χ1n) is 13.6. The van der Waals surface area contributed by atoms with Gasteiger partial charge in [0, 0.05) is 43.2 Å². The quantitative estimate of drug-likeness (QED) is 0.180. The molecule has 0 aromatic carbocycles. The molecule has 5 heterocycles. The molecule has 0 bridgehead atoms. The lowest BCUT2D eigenvalue weighted by molar-refractivity contribution is -0.140. The Labute approximate surface area is 244 Å². The van der Waals surface area contributed by atoms with E-state index in [0.717, 1.165) is 31.4 Å². The molecule has 16 heteroatoms. The number of halogens is 6. The van der Waals surface area contributed by atoms with Crippen LogP contribution in [0, 0.1) is 5.82 Å². The van der Waals surface area contributed by atoms with E-state index in [4.69, 9.17) is 4.74 Å². The van der Waals surface area contributed by atoms with Gasteiger partial charge in [0.25, 0.3) is 0 Å². The van der Waals surface area contributed by atoms with E-state index >= 15 is 4.39 Å². The minimum Gasteiger partial charge on any atom is -0.471 e. The van der Waals surface area contributed by atoms with Crippen molar-refractivity contribution in [2.75, 3.05) is 0 Å². The summed E-state index contributed by atoms with van der Waals surface area (Å²) in [6.45, 7) is -3.37. The number of alkyl halides is 5. The fourth-order valence-electron chi connectivity index (χ4n) is 5.01. The first kappa shape index (κ1) is 28.0. The van der Waals surface area contributed by atoms with Crippen molar-refractivity contribution in [1.29, 1.82) is 0 Å². The smallest absolute Gasteiger partial charge is 0.434 e. The zero-order valence-electron chi connectivity index (χ0n) is 22.9. The van der Waals surface area contributed by atoms with Crippen LogP contribution in [0.15, 0.2) is 37.1 Å². The molecule has 2 aliphatic carbocycles. The number of fused-ring (bicyclic) bond motifs is 1. The topological polar surface area (TPSA) is 106 Å². The monoisotopic (exact) mass is 616 g/mol. The van der Waals surface area contributed by atoms with E-state index < -0.39 is 24.3 Å². The number of imidazole rings is 1. The molecule has 44 heavy (non-hydrogen) atoms. The Balaban J connectivity index is 1.22. The molecule has 2 aliphatic rings. The number of nitrogens with zero attached hydrogens (tertiary/aromatic N) is 8. The Morgan fingerprint density at radius 1 is 1.02 bits per heavy atom. The molecule has 0 spiro atoms. The van der Waals surface area contributed by atoms with E-state index in [-0.39, 0.29) is 58.8 Å². The van der Waals surface area contributed by atoms with Crippen LogP contribution >= 0.6 is 0 Å². The van der Waals surface area contributed by atoms with Gasteiger partial charge in [-0.05, 0) is 37.8 Å². The highest BCUT2D eigenvalue weighted by Crippen LogP contribution is 2.46. The minimum absolute atomic E-state index is 0.0164. The summed E-state index contributed by atoms with van der Waals surface area (Å²) in [6.07, 6.45) is 3.29. The highest BCUT2D eigenvalue weighted by Gasteiger charge is 2.38. The summed E-state index contributed by atoms with van der Waals surface area (Å²) in [6, 6.07) is 2.60. The Kier molecular flexibility index (Phi) is 6.66. The fraction of sp³-hybridized carbons (Fsp3) is 0.357. The van der Waals surface area contributed by atoms with E-state index in [1.54, 1.807) is 23.9 Å². The van der Waals surface area contributed by atoms with E-state index in [9.17, 15) is 22.0 Å². The van der Waals surface area contributed by atoms with Crippen molar-refractivity contribution >= 4 is 11.0 Å². The van der Waals surface area contributed by atoms with Crippen LogP contribution in [0.25, 0.3) is 33.9 Å². The van der Waals surface area contributed by atoms with Gasteiger partial charge in [0.1, 0.15) is 29.7 Å². The SMILES string of the molecule is Cn1ccc2nc(-c3c(OC(F)F)ncnc3C3CC3)nc(OCc3cnc(-c4nc(C(F)(F)F)cn4C4CC4)c(F)c3)c21. The zero-order chi connectivity index (χ0) is 30.7. The number of rotatable bonds is 9. The van der Waals surface area contributed by atoms with Crippen molar-refractivity contribution in [2.45, 2.75) is 57.0 Å². The molecule has 0 amide bonds. The van der Waals surface area contributed by atoms with Crippen LogP contribution in [0.4, 0.5) is 26.3 Å². The average Bonchev–Trinajstić information content (AvgIpc) is 3.91. The van der Waals surface area contributed by atoms with E-state index in [1.807, 2.05) is 0 Å². The maximum absolute atomic E-state index is 15.3. The number of hydrogen-bond acceptors (Lipinski definition) is 8. The van der Waals surface area contributed by atoms with Crippen LogP contribution in [0.3, 0.4) is 0 Å². The predicted octanol–water partition coefficient (Wildman–Crippen LogP) is 6.23. The second-order valence-corrected chi connectivity index (χ2v) is 10.7. The molecule has 228 valence electrons. The molecule has 0 saturated heterocycles. The second-order valence-electron chi connectivity index (χ2n) is 10.7. The summed E-state index contributed by atoms with van der Waals surface area (Å²) in [5, 5.41) is 0. The number of aryl methyl sites for hydroxylation is 1. The molecule has 5 aromatic heterocycles. The van der Waals surface area contributed by atoms with Crippen molar-refractivity contribution in [1.82, 2.24) is 39.0 Å². The molecule has 2 saturated carbocycles. The molecule has 2 fully saturated rings. The van der Waals surface area contributed by atoms with Gasteiger partial charge in [0.15, 0.2) is 23.2 Å². The molecule has 10 nitrogen and oxygen atoms in total. The van der Waals surface area contributed by atoms with E-state index in [2.05, 4.69) is 34.6 Å². The normalized spacial score (nSPS) is 15.4. The van der Waals surface area contributed by atoms with Crippen molar-refractivity contribution in [3.05, 3.63) is 59.8 Å². The summed E-state index contributed by atoms with van der Waals surface area (Å²) < 4.78 is 95.5. The summed E-state index contributed by atoms with van der Waals surface area (Å²) in [5.74, 6) is -1.34. The molecule has 0 N–H and O–H groups in total. The molecule has 0 unspecified atom stereocenters. The maximum Gasteiger partial charge on any atom is 0.434 e. The maximum atomic E-state index is 15.3. The third-order valence-electron chi connectivity index (χ3n) is 7.37. The molecule has 5 aromatic rings. The summed E-state index contributed by atoms with van der Waals surface area (Å²) in [5.41, 5.74) is 0.366. The van der Waals surface area contributed by atoms with Gasteiger partial charge in [-0.2, -0.15) is 26.9 Å². The zero-order valence-corrected chi connectivity index (χ0v) is 22.9. The van der Waals surface area contributed by atoms with E-state index in [0.29, 0.717) is 29.6 Å². The van der Waals surface area contributed by atoms with Crippen LogP contribution in [0.1, 0.15) is 54.6 Å². The highest BCUT2D eigenvalue weighted by atomic mass is 19.4. The lowest BCUT2D eigenvalue weighted by atomic mass is 10.1. The molecule has 7 rings (SSSR count). The van der Waals surface area contributed by atoms with Crippen LogP contribution in [-0.4, -0.2) is 45.6 Å². The van der Waals surface area contributed by atoms with Gasteiger partial charge in [-0.25, -0.2) is 29.3 Å². The van der Waals surface area contributed by atoms with E-state index in [1.165, 1.54) is 10.8 Å². The van der Waals surface area contributed by atoms with Crippen LogP contribution in [0.5, 0.6) is 11.8 Å². The van der Waals surface area contributed by atoms with Gasteiger partial charge in [-0.3, -0.25) is 0 Å². The van der Waals surface area contributed by atoms with Gasteiger partial charge in [-0.1, -0.05) is 0 Å². The minimum atomic E-state index is -4.69. The molecule has 0 radical (unpaired) electrons. The standard InChI is InChI=1S/C28H22F6N8O2/c1-41-7-6-17-22(41)26(40-23(38-17)19-20(14-2-3-14)36-12-37-25(19)44-27(30)31)43-11-13-8-16(29)21(35-9-13)24-39-18(28(32,33)34)10-42(24)15-4-5-15/h6-10,12,14-15,27H,2-5,11H2,1H3. The van der Waals surface area contributed by atoms with Crippen molar-refractivity contribution in [2.24, 2.45) is 7.05 Å². The first-order chi connectivity index (χ1) is 21.1. The average molecular weight is 617 g/mol. The number of aromatic nitrogens is 8. The van der Waals surface area contributed by atoms with Crippen LogP contribution in [0.2, 0.25) is 0 Å². The number of ether oxygens (including phenoxy) is 2. The van der Waals surface area contributed by atoms with Gasteiger partial charge in [0.2, 0.25) is 11.8 Å². The molecular weight excluding hydrogens is 594 g/mol. The lowest BCUT2D eigenvalue weighted by Crippen LogP contribution is -2.09. The van der Waals surface area contributed by atoms with Crippen molar-refractivity contribution < 1.29 is 35.8 Å². The van der Waals surface area contributed by atoms with Crippen LogP contribution in [-0.2, 0) is 19.8 Å². The molecular formula is C28H22F6N8O2. The van der Waals surface area contributed by atoms with Gasteiger partial charge >= 0.3 is 12.8 Å². The van der Waals surface area contributed by atoms with Gasteiger partial charge in [0.05, 0.1) is 11.2 Å². The molecule has 0 atom stereocenters. The summed E-state index contributed by atoms with van der Waals surface area (Å²) in [4.78, 5) is 25.0.